The van der Waals surface area contributed by atoms with Gasteiger partial charge in [-0.2, -0.15) is 0 Å². The minimum absolute atomic E-state index is 0.0606. The summed E-state index contributed by atoms with van der Waals surface area (Å²) in [5.74, 6) is 0. The van der Waals surface area contributed by atoms with E-state index >= 15 is 0 Å². The van der Waals surface area contributed by atoms with Gasteiger partial charge in [-0.1, -0.05) is 0 Å². The van der Waals surface area contributed by atoms with Crippen molar-refractivity contribution in [3.05, 3.63) is 16.3 Å². The topological polar surface area (TPSA) is 81.4 Å². The molecule has 0 fully saturated rings. The van der Waals surface area contributed by atoms with Crippen LogP contribution in [0.25, 0.3) is 0 Å². The van der Waals surface area contributed by atoms with E-state index < -0.39 is 23.1 Å². The average Bonchev–Trinajstić information content (AvgIpc) is 2.76. The molecule has 1 rings (SSSR count). The Morgan fingerprint density at radius 1 is 1.50 bits per heavy atom. The Morgan fingerprint density at radius 2 is 2.22 bits per heavy atom. The van der Waals surface area contributed by atoms with Crippen molar-refractivity contribution in [2.45, 2.75) is 17.9 Å². The van der Waals surface area contributed by atoms with Gasteiger partial charge < -0.3 is 10.5 Å². The van der Waals surface area contributed by atoms with Crippen LogP contribution in [0.3, 0.4) is 0 Å². The number of ether oxygens (including phenoxy) is 1. The zero-order chi connectivity index (χ0) is 13.6. The van der Waals surface area contributed by atoms with Gasteiger partial charge in [-0.25, -0.2) is 21.9 Å². The van der Waals surface area contributed by atoms with E-state index in [2.05, 4.69) is 9.46 Å². The number of rotatable bonds is 8. The van der Waals surface area contributed by atoms with Crippen LogP contribution in [0.2, 0.25) is 0 Å². The number of nitrogens with two attached hydrogens (primary N) is 1. The van der Waals surface area contributed by atoms with Crippen LogP contribution in [0.1, 0.15) is 4.88 Å². The van der Waals surface area contributed by atoms with E-state index in [4.69, 9.17) is 5.73 Å². The molecule has 5 nitrogen and oxygen atoms in total. The quantitative estimate of drug-likeness (QED) is 0.695. The first-order chi connectivity index (χ1) is 8.47. The SMILES string of the molecule is NCc1sccc1S(=O)(=O)NCCOCC(F)F. The maximum absolute atomic E-state index is 11.8. The second kappa shape index (κ2) is 7.10. The summed E-state index contributed by atoms with van der Waals surface area (Å²) < 4.78 is 53.9. The van der Waals surface area contributed by atoms with Crippen LogP contribution in [-0.4, -0.2) is 34.6 Å². The van der Waals surface area contributed by atoms with Gasteiger partial charge in [-0.3, -0.25) is 0 Å². The van der Waals surface area contributed by atoms with Crippen LogP contribution in [-0.2, 0) is 21.3 Å². The monoisotopic (exact) mass is 300 g/mol. The summed E-state index contributed by atoms with van der Waals surface area (Å²) in [7, 11) is -3.65. The Balaban J connectivity index is 2.46. The van der Waals surface area contributed by atoms with Crippen LogP contribution in [0.15, 0.2) is 16.3 Å². The summed E-state index contributed by atoms with van der Waals surface area (Å²) in [5, 5.41) is 1.63. The molecular formula is C9H14F2N2O3S2. The van der Waals surface area contributed by atoms with Crippen LogP contribution in [0.4, 0.5) is 8.78 Å². The van der Waals surface area contributed by atoms with Crippen molar-refractivity contribution < 1.29 is 21.9 Å². The molecule has 0 unspecified atom stereocenters. The molecule has 3 N–H and O–H groups in total. The molecule has 0 aliphatic rings. The number of hydrogen-bond donors (Lipinski definition) is 2. The lowest BCUT2D eigenvalue weighted by Gasteiger charge is -2.07. The molecule has 104 valence electrons. The first-order valence-electron chi connectivity index (χ1n) is 5.09. The lowest BCUT2D eigenvalue weighted by molar-refractivity contribution is 0.0199. The molecule has 0 aliphatic carbocycles. The fourth-order valence-corrected chi connectivity index (χ4v) is 3.56. The predicted molar refractivity (Wildman–Crippen MR) is 64.2 cm³/mol. The maximum Gasteiger partial charge on any atom is 0.261 e. The first-order valence-corrected chi connectivity index (χ1v) is 7.45. The van der Waals surface area contributed by atoms with Gasteiger partial charge in [0.25, 0.3) is 6.43 Å². The number of thiophene rings is 1. The van der Waals surface area contributed by atoms with E-state index in [1.165, 1.54) is 17.4 Å². The lowest BCUT2D eigenvalue weighted by Crippen LogP contribution is -2.28. The minimum atomic E-state index is -3.65. The molecule has 0 saturated heterocycles. The zero-order valence-corrected chi connectivity index (χ0v) is 11.1. The van der Waals surface area contributed by atoms with E-state index in [1.807, 2.05) is 0 Å². The van der Waals surface area contributed by atoms with Crippen molar-refractivity contribution in [1.29, 1.82) is 0 Å². The van der Waals surface area contributed by atoms with Gasteiger partial charge in [-0.05, 0) is 11.4 Å². The third-order valence-corrected chi connectivity index (χ3v) is 4.58. The Bertz CT molecular complexity index is 462. The first kappa shape index (κ1) is 15.4. The maximum atomic E-state index is 11.8. The Morgan fingerprint density at radius 3 is 2.83 bits per heavy atom. The van der Waals surface area contributed by atoms with Crippen molar-refractivity contribution >= 4 is 21.4 Å². The number of hydrogen-bond acceptors (Lipinski definition) is 5. The molecule has 0 atom stereocenters. The largest absolute Gasteiger partial charge is 0.374 e. The average molecular weight is 300 g/mol. The van der Waals surface area contributed by atoms with Crippen LogP contribution in [0, 0.1) is 0 Å². The number of alkyl halides is 2. The van der Waals surface area contributed by atoms with E-state index in [9.17, 15) is 17.2 Å². The summed E-state index contributed by atoms with van der Waals surface area (Å²) in [6.07, 6.45) is -2.55. The van der Waals surface area contributed by atoms with Crippen LogP contribution >= 0.6 is 11.3 Å². The molecule has 1 heterocycles. The molecule has 0 aromatic carbocycles. The summed E-state index contributed by atoms with van der Waals surface area (Å²) in [5.41, 5.74) is 5.41. The van der Waals surface area contributed by atoms with Gasteiger partial charge in [0.05, 0.1) is 11.5 Å². The second-order valence-corrected chi connectivity index (χ2v) is 6.01. The Kier molecular flexibility index (Phi) is 6.09. The fraction of sp³-hybridized carbons (Fsp3) is 0.556. The van der Waals surface area contributed by atoms with Crippen molar-refractivity contribution in [2.75, 3.05) is 19.8 Å². The standard InChI is InChI=1S/C9H14F2N2O3S2/c10-9(11)6-16-3-2-13-18(14,15)8-1-4-17-7(8)5-12/h1,4,9,13H,2-3,5-6,12H2. The van der Waals surface area contributed by atoms with Gasteiger partial charge in [0.1, 0.15) is 6.61 Å². The highest BCUT2D eigenvalue weighted by Crippen LogP contribution is 2.20. The number of sulfonamides is 1. The van der Waals surface area contributed by atoms with Crippen molar-refractivity contribution in [1.82, 2.24) is 4.72 Å². The fourth-order valence-electron chi connectivity index (χ4n) is 1.22. The smallest absolute Gasteiger partial charge is 0.261 e. The molecule has 0 bridgehead atoms. The van der Waals surface area contributed by atoms with E-state index in [-0.39, 0.29) is 24.6 Å². The Labute approximate surface area is 108 Å². The molecule has 1 aromatic rings. The van der Waals surface area contributed by atoms with E-state index in [1.54, 1.807) is 5.38 Å². The molecule has 18 heavy (non-hydrogen) atoms. The van der Waals surface area contributed by atoms with Gasteiger partial charge in [0.15, 0.2) is 0 Å². The van der Waals surface area contributed by atoms with E-state index in [0.29, 0.717) is 4.88 Å². The summed E-state index contributed by atoms with van der Waals surface area (Å²) in [6.45, 7) is -0.732. The Hall–Kier alpha value is -0.610. The molecule has 1 aromatic heterocycles. The third-order valence-electron chi connectivity index (χ3n) is 1.96. The van der Waals surface area contributed by atoms with Crippen molar-refractivity contribution in [3.8, 4) is 0 Å². The van der Waals surface area contributed by atoms with Gasteiger partial charge in [0, 0.05) is 18.0 Å². The normalized spacial score (nSPS) is 12.2. The zero-order valence-electron chi connectivity index (χ0n) is 9.43. The molecule has 0 spiro atoms. The molecule has 0 radical (unpaired) electrons. The molecular weight excluding hydrogens is 286 g/mol. The highest BCUT2D eigenvalue weighted by molar-refractivity contribution is 7.89. The van der Waals surface area contributed by atoms with Crippen LogP contribution < -0.4 is 10.5 Å². The minimum Gasteiger partial charge on any atom is -0.374 e. The van der Waals surface area contributed by atoms with Crippen molar-refractivity contribution in [3.63, 3.8) is 0 Å². The summed E-state index contributed by atoms with van der Waals surface area (Å²) in [6, 6.07) is 1.45. The van der Waals surface area contributed by atoms with Gasteiger partial charge >= 0.3 is 0 Å². The molecule has 0 saturated carbocycles. The predicted octanol–water partition coefficient (Wildman–Crippen LogP) is 0.767. The van der Waals surface area contributed by atoms with Crippen molar-refractivity contribution in [2.24, 2.45) is 5.73 Å². The molecule has 0 aliphatic heterocycles. The molecule has 0 amide bonds. The lowest BCUT2D eigenvalue weighted by atomic mass is 10.5. The highest BCUT2D eigenvalue weighted by atomic mass is 32.2. The van der Waals surface area contributed by atoms with Crippen LogP contribution in [0.5, 0.6) is 0 Å². The highest BCUT2D eigenvalue weighted by Gasteiger charge is 2.18. The van der Waals surface area contributed by atoms with E-state index in [0.717, 1.165) is 0 Å². The second-order valence-electron chi connectivity index (χ2n) is 3.28. The summed E-state index contributed by atoms with van der Waals surface area (Å²) >= 11 is 1.25. The van der Waals surface area contributed by atoms with Gasteiger partial charge in [0.2, 0.25) is 10.0 Å². The number of nitrogens with one attached hydrogen (secondary N) is 1. The van der Waals surface area contributed by atoms with Gasteiger partial charge in [-0.15, -0.1) is 11.3 Å². The summed E-state index contributed by atoms with van der Waals surface area (Å²) in [4.78, 5) is 0.680. The number of halogens is 2. The molecule has 9 heteroatoms. The third kappa shape index (κ3) is 4.58.